The summed E-state index contributed by atoms with van der Waals surface area (Å²) in [7, 11) is 0. The third kappa shape index (κ3) is 2.45. The summed E-state index contributed by atoms with van der Waals surface area (Å²) < 4.78 is 1.12. The van der Waals surface area contributed by atoms with E-state index in [1.165, 1.54) is 11.3 Å². The lowest BCUT2D eigenvalue weighted by atomic mass is 9.95. The Labute approximate surface area is 137 Å². The van der Waals surface area contributed by atoms with Crippen molar-refractivity contribution in [1.29, 1.82) is 0 Å². The van der Waals surface area contributed by atoms with Gasteiger partial charge in [0.05, 0.1) is 4.88 Å². The number of hydrogen-bond donors (Lipinski definition) is 1. The number of carbonyl (C=O) groups excluding carboxylic acids is 1. The third-order valence-corrected chi connectivity index (χ3v) is 5.49. The third-order valence-electron chi connectivity index (χ3n) is 4.29. The Morgan fingerprint density at radius 1 is 1.22 bits per heavy atom. The van der Waals surface area contributed by atoms with Crippen molar-refractivity contribution >= 4 is 33.3 Å². The molecule has 0 bridgehead atoms. The second-order valence-corrected chi connectivity index (χ2v) is 6.74. The Hall–Kier alpha value is -2.47. The second kappa shape index (κ2) is 5.62. The molecule has 116 valence electrons. The number of aromatic nitrogens is 2. The lowest BCUT2D eigenvalue weighted by Gasteiger charge is -2.16. The molecule has 23 heavy (non-hydrogen) atoms. The molecule has 1 aliphatic rings. The number of nitrogens with zero attached hydrogens (tertiary/aromatic N) is 3. The molecule has 1 fully saturated rings. The second-order valence-electron chi connectivity index (χ2n) is 5.69. The molecule has 4 rings (SSSR count). The monoisotopic (exact) mass is 324 g/mol. The van der Waals surface area contributed by atoms with Gasteiger partial charge in [-0.05, 0) is 29.5 Å². The van der Waals surface area contributed by atoms with Crippen LogP contribution >= 0.6 is 11.3 Å². The molecule has 1 atom stereocenters. The molecule has 2 aromatic heterocycles. The first-order valence-electron chi connectivity index (χ1n) is 7.57. The SMILES string of the molecule is NC(=O)c1sc2ccccc2c1[C@@H]1CCN(c2ncccn2)C1. The lowest BCUT2D eigenvalue weighted by Crippen LogP contribution is -2.22. The van der Waals surface area contributed by atoms with Crippen LogP contribution in [0.25, 0.3) is 10.1 Å². The number of primary amides is 1. The van der Waals surface area contributed by atoms with Gasteiger partial charge in [0.2, 0.25) is 5.95 Å². The summed E-state index contributed by atoms with van der Waals surface area (Å²) in [4.78, 5) is 23.4. The molecule has 1 amide bonds. The van der Waals surface area contributed by atoms with Gasteiger partial charge in [-0.15, -0.1) is 11.3 Å². The predicted molar refractivity (Wildman–Crippen MR) is 91.9 cm³/mol. The highest BCUT2D eigenvalue weighted by molar-refractivity contribution is 7.21. The summed E-state index contributed by atoms with van der Waals surface area (Å²) in [6, 6.07) is 9.94. The average Bonchev–Trinajstić information content (AvgIpc) is 3.20. The van der Waals surface area contributed by atoms with Crippen LogP contribution in [0.2, 0.25) is 0 Å². The van der Waals surface area contributed by atoms with Gasteiger partial charge < -0.3 is 10.6 Å². The van der Waals surface area contributed by atoms with Gasteiger partial charge in [-0.3, -0.25) is 4.79 Å². The minimum atomic E-state index is -0.337. The fourth-order valence-electron chi connectivity index (χ4n) is 3.29. The largest absolute Gasteiger partial charge is 0.365 e. The molecule has 0 radical (unpaired) electrons. The van der Waals surface area contributed by atoms with Crippen molar-refractivity contribution in [1.82, 2.24) is 9.97 Å². The fourth-order valence-corrected chi connectivity index (χ4v) is 4.43. The highest BCUT2D eigenvalue weighted by atomic mass is 32.1. The quantitative estimate of drug-likeness (QED) is 0.804. The van der Waals surface area contributed by atoms with Gasteiger partial charge in [0, 0.05) is 36.1 Å². The van der Waals surface area contributed by atoms with Gasteiger partial charge in [0.1, 0.15) is 0 Å². The van der Waals surface area contributed by atoms with Crippen molar-refractivity contribution in [3.63, 3.8) is 0 Å². The van der Waals surface area contributed by atoms with Crippen LogP contribution in [0.4, 0.5) is 5.95 Å². The number of rotatable bonds is 3. The predicted octanol–water partition coefficient (Wildman–Crippen LogP) is 2.78. The zero-order chi connectivity index (χ0) is 15.8. The normalized spacial score (nSPS) is 17.7. The molecule has 0 unspecified atom stereocenters. The number of hydrogen-bond acceptors (Lipinski definition) is 5. The molecular formula is C17H16N4OS. The number of benzene rings is 1. The number of fused-ring (bicyclic) bond motifs is 1. The summed E-state index contributed by atoms with van der Waals surface area (Å²) in [5.41, 5.74) is 6.72. The van der Waals surface area contributed by atoms with Gasteiger partial charge in [-0.2, -0.15) is 0 Å². The number of carbonyl (C=O) groups is 1. The minimum Gasteiger partial charge on any atom is -0.365 e. The van der Waals surface area contributed by atoms with Crippen LogP contribution < -0.4 is 10.6 Å². The maximum Gasteiger partial charge on any atom is 0.259 e. The van der Waals surface area contributed by atoms with Crippen LogP contribution in [0.15, 0.2) is 42.7 Å². The Balaban J connectivity index is 1.73. The maximum atomic E-state index is 11.9. The summed E-state index contributed by atoms with van der Waals surface area (Å²) >= 11 is 1.49. The zero-order valence-corrected chi connectivity index (χ0v) is 13.3. The highest BCUT2D eigenvalue weighted by Gasteiger charge is 2.30. The van der Waals surface area contributed by atoms with E-state index < -0.39 is 0 Å². The number of nitrogens with two attached hydrogens (primary N) is 1. The molecule has 3 heterocycles. The fraction of sp³-hybridized carbons (Fsp3) is 0.235. The average molecular weight is 324 g/mol. The molecular weight excluding hydrogens is 308 g/mol. The van der Waals surface area contributed by atoms with E-state index in [0.29, 0.717) is 4.88 Å². The number of thiophene rings is 1. The van der Waals surface area contributed by atoms with Gasteiger partial charge in [0.15, 0.2) is 0 Å². The molecule has 1 aliphatic heterocycles. The van der Waals surface area contributed by atoms with Gasteiger partial charge in [-0.25, -0.2) is 9.97 Å². The van der Waals surface area contributed by atoms with Crippen LogP contribution in [0.3, 0.4) is 0 Å². The van der Waals surface area contributed by atoms with Crippen LogP contribution in [0.5, 0.6) is 0 Å². The first-order valence-corrected chi connectivity index (χ1v) is 8.39. The van der Waals surface area contributed by atoms with E-state index in [1.54, 1.807) is 12.4 Å². The molecule has 2 N–H and O–H groups in total. The first kappa shape index (κ1) is 14.1. The molecule has 0 aliphatic carbocycles. The Bertz CT molecular complexity index is 861. The zero-order valence-electron chi connectivity index (χ0n) is 12.5. The van der Waals surface area contributed by atoms with E-state index >= 15 is 0 Å². The summed E-state index contributed by atoms with van der Waals surface area (Å²) in [5, 5.41) is 1.15. The highest BCUT2D eigenvalue weighted by Crippen LogP contribution is 2.40. The smallest absolute Gasteiger partial charge is 0.259 e. The standard InChI is InChI=1S/C17H16N4OS/c18-16(22)15-14(12-4-1-2-5-13(12)23-15)11-6-9-21(10-11)17-19-7-3-8-20-17/h1-5,7-8,11H,6,9-10H2,(H2,18,22)/t11-/m1/s1. The van der Waals surface area contributed by atoms with E-state index in [1.807, 2.05) is 24.3 Å². The van der Waals surface area contributed by atoms with E-state index in [9.17, 15) is 4.79 Å². The Morgan fingerprint density at radius 2 is 2.00 bits per heavy atom. The first-order chi connectivity index (χ1) is 11.2. The van der Waals surface area contributed by atoms with Gasteiger partial charge in [-0.1, -0.05) is 18.2 Å². The molecule has 0 saturated carbocycles. The number of anilines is 1. The number of amides is 1. The van der Waals surface area contributed by atoms with E-state index in [-0.39, 0.29) is 11.8 Å². The molecule has 6 heteroatoms. The topological polar surface area (TPSA) is 72.1 Å². The van der Waals surface area contributed by atoms with Crippen LogP contribution in [0, 0.1) is 0 Å². The minimum absolute atomic E-state index is 0.275. The van der Waals surface area contributed by atoms with Crippen molar-refractivity contribution in [2.75, 3.05) is 18.0 Å². The summed E-state index contributed by atoms with van der Waals surface area (Å²) in [6.45, 7) is 1.70. The van der Waals surface area contributed by atoms with E-state index in [4.69, 9.17) is 5.73 Å². The molecule has 1 aromatic carbocycles. The summed E-state index contributed by atoms with van der Waals surface area (Å²) in [6.07, 6.45) is 4.48. The van der Waals surface area contributed by atoms with Crippen LogP contribution in [0.1, 0.15) is 27.6 Å². The van der Waals surface area contributed by atoms with E-state index in [2.05, 4.69) is 20.9 Å². The van der Waals surface area contributed by atoms with Crippen molar-refractivity contribution in [2.45, 2.75) is 12.3 Å². The van der Waals surface area contributed by atoms with Crippen molar-refractivity contribution in [3.8, 4) is 0 Å². The van der Waals surface area contributed by atoms with Crippen molar-refractivity contribution in [3.05, 3.63) is 53.2 Å². The maximum absolute atomic E-state index is 11.9. The van der Waals surface area contributed by atoms with Gasteiger partial charge >= 0.3 is 0 Å². The lowest BCUT2D eigenvalue weighted by molar-refractivity contribution is 0.100. The molecule has 3 aromatic rings. The Kier molecular flexibility index (Phi) is 3.46. The summed E-state index contributed by atoms with van der Waals surface area (Å²) in [5.74, 6) is 0.684. The van der Waals surface area contributed by atoms with Crippen molar-refractivity contribution in [2.24, 2.45) is 5.73 Å². The van der Waals surface area contributed by atoms with Gasteiger partial charge in [0.25, 0.3) is 5.91 Å². The van der Waals surface area contributed by atoms with Crippen molar-refractivity contribution < 1.29 is 4.79 Å². The molecule has 0 spiro atoms. The Morgan fingerprint density at radius 3 is 2.78 bits per heavy atom. The molecule has 1 saturated heterocycles. The van der Waals surface area contributed by atoms with Crippen LogP contribution in [-0.4, -0.2) is 29.0 Å². The molecule has 5 nitrogen and oxygen atoms in total. The van der Waals surface area contributed by atoms with E-state index in [0.717, 1.165) is 41.1 Å². The van der Waals surface area contributed by atoms with Crippen LogP contribution in [-0.2, 0) is 0 Å².